The van der Waals surface area contributed by atoms with Crippen molar-refractivity contribution in [2.75, 3.05) is 40.1 Å². The number of carbonyl (C=O) groups excluding carboxylic acids is 3. The quantitative estimate of drug-likeness (QED) is 0.518. The van der Waals surface area contributed by atoms with Gasteiger partial charge in [-0.3, -0.25) is 14.4 Å². The molecule has 3 amide bonds. The van der Waals surface area contributed by atoms with Crippen LogP contribution in [0.4, 0.5) is 0 Å². The zero-order valence-electron chi connectivity index (χ0n) is 20.7. The molecule has 4 rings (SSSR count). The molecular formula is C27H33N3O6. The number of rotatable bonds is 9. The van der Waals surface area contributed by atoms with Crippen molar-refractivity contribution >= 4 is 17.7 Å². The summed E-state index contributed by atoms with van der Waals surface area (Å²) in [5, 5.41) is 5.89. The van der Waals surface area contributed by atoms with Gasteiger partial charge in [-0.2, -0.15) is 0 Å². The van der Waals surface area contributed by atoms with Gasteiger partial charge >= 0.3 is 0 Å². The van der Waals surface area contributed by atoms with Crippen molar-refractivity contribution in [1.82, 2.24) is 15.5 Å². The van der Waals surface area contributed by atoms with E-state index in [1.165, 1.54) is 0 Å². The van der Waals surface area contributed by atoms with Crippen molar-refractivity contribution in [1.29, 1.82) is 0 Å². The molecule has 0 saturated carbocycles. The summed E-state index contributed by atoms with van der Waals surface area (Å²) in [6, 6.07) is 11.8. The number of ether oxygens (including phenoxy) is 3. The number of nitrogens with zero attached hydrogens (tertiary/aromatic N) is 1. The molecule has 0 aromatic heterocycles. The Morgan fingerprint density at radius 3 is 2.58 bits per heavy atom. The van der Waals surface area contributed by atoms with Crippen LogP contribution in [-0.4, -0.2) is 68.8 Å². The third-order valence-corrected chi connectivity index (χ3v) is 6.59. The predicted molar refractivity (Wildman–Crippen MR) is 133 cm³/mol. The Labute approximate surface area is 211 Å². The number of nitrogens with one attached hydrogen (secondary N) is 2. The first-order chi connectivity index (χ1) is 17.5. The molecule has 2 aliphatic rings. The van der Waals surface area contributed by atoms with Crippen LogP contribution < -0.4 is 20.1 Å². The number of methoxy groups -OCH3 is 1. The average molecular weight is 496 g/mol. The van der Waals surface area contributed by atoms with Gasteiger partial charge in [-0.25, -0.2) is 0 Å². The van der Waals surface area contributed by atoms with Crippen molar-refractivity contribution in [2.24, 2.45) is 5.92 Å². The van der Waals surface area contributed by atoms with Crippen LogP contribution in [0.5, 0.6) is 11.5 Å². The standard InChI is InChI=1S/C27H33N3O6/c1-18-5-3-6-20(15-18)25(31)29-24(26(32)28-11-4-14-34-2)19-9-12-30(13-10-19)27(33)21-7-8-22-23(16-21)36-17-35-22/h3,5-8,15-16,19,24H,4,9-14,17H2,1-2H3,(H,28,32)(H,29,31). The number of hydrogen-bond donors (Lipinski definition) is 2. The fourth-order valence-electron chi connectivity index (χ4n) is 4.59. The molecule has 2 aliphatic heterocycles. The smallest absolute Gasteiger partial charge is 0.253 e. The Bertz CT molecular complexity index is 1100. The number of hydrogen-bond acceptors (Lipinski definition) is 6. The molecule has 0 bridgehead atoms. The zero-order chi connectivity index (χ0) is 25.5. The van der Waals surface area contributed by atoms with Crippen LogP contribution in [0.25, 0.3) is 0 Å². The van der Waals surface area contributed by atoms with Crippen molar-refractivity contribution in [3.05, 3.63) is 59.2 Å². The minimum absolute atomic E-state index is 0.0869. The number of fused-ring (bicyclic) bond motifs is 1. The number of piperidine rings is 1. The lowest BCUT2D eigenvalue weighted by atomic mass is 9.88. The molecule has 1 atom stereocenters. The molecule has 9 heteroatoms. The summed E-state index contributed by atoms with van der Waals surface area (Å²) in [6.07, 6.45) is 1.88. The fraction of sp³-hybridized carbons (Fsp3) is 0.444. The van der Waals surface area contributed by atoms with Gasteiger partial charge in [-0.15, -0.1) is 0 Å². The lowest BCUT2D eigenvalue weighted by Crippen LogP contribution is -2.54. The first kappa shape index (κ1) is 25.5. The molecular weight excluding hydrogens is 462 g/mol. The molecule has 1 saturated heterocycles. The highest BCUT2D eigenvalue weighted by Crippen LogP contribution is 2.33. The highest BCUT2D eigenvalue weighted by atomic mass is 16.7. The Morgan fingerprint density at radius 1 is 1.06 bits per heavy atom. The molecule has 1 unspecified atom stereocenters. The van der Waals surface area contributed by atoms with Crippen molar-refractivity contribution in [2.45, 2.75) is 32.2 Å². The molecule has 1 fully saturated rings. The first-order valence-electron chi connectivity index (χ1n) is 12.3. The summed E-state index contributed by atoms with van der Waals surface area (Å²) >= 11 is 0. The number of likely N-dealkylation sites (tertiary alicyclic amines) is 1. The third-order valence-electron chi connectivity index (χ3n) is 6.59. The van der Waals surface area contributed by atoms with Gasteiger partial charge in [-0.05, 0) is 62.4 Å². The van der Waals surface area contributed by atoms with Crippen LogP contribution >= 0.6 is 0 Å². The minimum Gasteiger partial charge on any atom is -0.454 e. The second-order valence-corrected chi connectivity index (χ2v) is 9.16. The predicted octanol–water partition coefficient (Wildman–Crippen LogP) is 2.53. The second-order valence-electron chi connectivity index (χ2n) is 9.16. The number of aryl methyl sites for hydroxylation is 1. The van der Waals surface area contributed by atoms with Crippen LogP contribution in [0.3, 0.4) is 0 Å². The fourth-order valence-corrected chi connectivity index (χ4v) is 4.59. The summed E-state index contributed by atoms with van der Waals surface area (Å²) in [7, 11) is 1.62. The van der Waals surface area contributed by atoms with E-state index >= 15 is 0 Å². The van der Waals surface area contributed by atoms with Crippen LogP contribution in [0.1, 0.15) is 45.5 Å². The summed E-state index contributed by atoms with van der Waals surface area (Å²) in [6.45, 7) is 4.06. The molecule has 2 aromatic carbocycles. The van der Waals surface area contributed by atoms with Crippen LogP contribution in [-0.2, 0) is 9.53 Å². The summed E-state index contributed by atoms with van der Waals surface area (Å²) in [5.74, 6) is 0.522. The van der Waals surface area contributed by atoms with E-state index in [9.17, 15) is 14.4 Å². The Kier molecular flexibility index (Phi) is 8.43. The van der Waals surface area contributed by atoms with Gasteiger partial charge in [0, 0.05) is 44.5 Å². The maximum absolute atomic E-state index is 13.1. The highest BCUT2D eigenvalue weighted by Gasteiger charge is 2.34. The summed E-state index contributed by atoms with van der Waals surface area (Å²) in [4.78, 5) is 41.0. The van der Waals surface area contributed by atoms with Crippen molar-refractivity contribution in [3.63, 3.8) is 0 Å². The van der Waals surface area contributed by atoms with E-state index in [4.69, 9.17) is 14.2 Å². The van der Waals surface area contributed by atoms with Gasteiger partial charge in [0.15, 0.2) is 11.5 Å². The van der Waals surface area contributed by atoms with E-state index in [0.717, 1.165) is 5.56 Å². The van der Waals surface area contributed by atoms with Gasteiger partial charge in [0.25, 0.3) is 11.8 Å². The normalized spacial score (nSPS) is 15.9. The highest BCUT2D eigenvalue weighted by molar-refractivity contribution is 5.98. The second kappa shape index (κ2) is 11.9. The molecule has 2 N–H and O–H groups in total. The Morgan fingerprint density at radius 2 is 1.83 bits per heavy atom. The van der Waals surface area contributed by atoms with Gasteiger partial charge in [-0.1, -0.05) is 17.7 Å². The van der Waals surface area contributed by atoms with Gasteiger partial charge < -0.3 is 29.7 Å². The van der Waals surface area contributed by atoms with Crippen LogP contribution in [0, 0.1) is 12.8 Å². The molecule has 2 heterocycles. The summed E-state index contributed by atoms with van der Waals surface area (Å²) < 4.78 is 15.8. The first-order valence-corrected chi connectivity index (χ1v) is 12.3. The number of carbonyl (C=O) groups is 3. The van der Waals surface area contributed by atoms with E-state index in [1.54, 1.807) is 42.3 Å². The lowest BCUT2D eigenvalue weighted by Gasteiger charge is -2.36. The monoisotopic (exact) mass is 495 g/mol. The van der Waals surface area contributed by atoms with Gasteiger partial charge in [0.05, 0.1) is 0 Å². The zero-order valence-corrected chi connectivity index (χ0v) is 20.7. The SMILES string of the molecule is COCCCNC(=O)C(NC(=O)c1cccc(C)c1)C1CCN(C(=O)c2ccc3c(c2)OCO3)CC1. The number of amides is 3. The van der Waals surface area contributed by atoms with E-state index in [-0.39, 0.29) is 30.4 Å². The van der Waals surface area contributed by atoms with Crippen molar-refractivity contribution < 1.29 is 28.6 Å². The molecule has 0 radical (unpaired) electrons. The number of benzene rings is 2. The Balaban J connectivity index is 1.41. The molecule has 0 aliphatic carbocycles. The van der Waals surface area contributed by atoms with Crippen LogP contribution in [0.15, 0.2) is 42.5 Å². The third kappa shape index (κ3) is 6.15. The molecule has 9 nitrogen and oxygen atoms in total. The van der Waals surface area contributed by atoms with E-state index in [1.807, 2.05) is 19.1 Å². The minimum atomic E-state index is -0.691. The van der Waals surface area contributed by atoms with Crippen molar-refractivity contribution in [3.8, 4) is 11.5 Å². The average Bonchev–Trinajstić information content (AvgIpc) is 3.37. The molecule has 36 heavy (non-hydrogen) atoms. The van der Waals surface area contributed by atoms with E-state index < -0.39 is 6.04 Å². The van der Waals surface area contributed by atoms with E-state index in [0.29, 0.717) is 68.1 Å². The maximum Gasteiger partial charge on any atom is 0.253 e. The van der Waals surface area contributed by atoms with Crippen LogP contribution in [0.2, 0.25) is 0 Å². The largest absolute Gasteiger partial charge is 0.454 e. The molecule has 192 valence electrons. The topological polar surface area (TPSA) is 106 Å². The van der Waals surface area contributed by atoms with Gasteiger partial charge in [0.2, 0.25) is 12.7 Å². The molecule has 2 aromatic rings. The van der Waals surface area contributed by atoms with Gasteiger partial charge in [0.1, 0.15) is 6.04 Å². The Hall–Kier alpha value is -3.59. The van der Waals surface area contributed by atoms with E-state index in [2.05, 4.69) is 10.6 Å². The molecule has 0 spiro atoms. The summed E-state index contributed by atoms with van der Waals surface area (Å²) in [5.41, 5.74) is 2.03. The maximum atomic E-state index is 13.1. The lowest BCUT2D eigenvalue weighted by molar-refractivity contribution is -0.124.